The third-order valence-corrected chi connectivity index (χ3v) is 5.08. The molecule has 1 N–H and O–H groups in total. The van der Waals surface area contributed by atoms with Crippen molar-refractivity contribution >= 4 is 35.0 Å². The number of nitrogens with zero attached hydrogens (tertiary/aromatic N) is 1. The summed E-state index contributed by atoms with van der Waals surface area (Å²) >= 11 is 12.0. The number of nitrogens with one attached hydrogen (secondary N) is 1. The number of piperidine rings is 1. The average Bonchev–Trinajstić information content (AvgIpc) is 2.66. The van der Waals surface area contributed by atoms with Gasteiger partial charge in [-0.1, -0.05) is 23.2 Å². The molecule has 0 aromatic heterocycles. The molecular weight excluding hydrogens is 391 g/mol. The molecule has 1 aromatic rings. The number of hydrogen-bond donors (Lipinski definition) is 1. The van der Waals surface area contributed by atoms with Crippen LogP contribution in [0.4, 0.5) is 0 Å². The van der Waals surface area contributed by atoms with Crippen LogP contribution in [-0.2, 0) is 14.3 Å². The third kappa shape index (κ3) is 6.55. The molecule has 0 saturated carbocycles. The number of halogens is 2. The van der Waals surface area contributed by atoms with E-state index in [9.17, 15) is 9.59 Å². The number of carbonyl (C=O) groups is 2. The Hall–Kier alpha value is -1.50. The smallest absolute Gasteiger partial charge is 0.263 e. The molecule has 8 heteroatoms. The zero-order valence-electron chi connectivity index (χ0n) is 15.7. The van der Waals surface area contributed by atoms with Gasteiger partial charge in [0, 0.05) is 44.3 Å². The van der Waals surface area contributed by atoms with E-state index in [1.165, 1.54) is 0 Å². The van der Waals surface area contributed by atoms with Crippen LogP contribution in [0.1, 0.15) is 26.2 Å². The molecule has 0 aliphatic carbocycles. The zero-order valence-corrected chi connectivity index (χ0v) is 17.2. The predicted molar refractivity (Wildman–Crippen MR) is 105 cm³/mol. The maximum Gasteiger partial charge on any atom is 0.263 e. The molecule has 0 radical (unpaired) electrons. The lowest BCUT2D eigenvalue weighted by atomic mass is 9.95. The molecule has 2 rings (SSSR count). The highest BCUT2D eigenvalue weighted by Crippen LogP contribution is 2.28. The number of methoxy groups -OCH3 is 1. The van der Waals surface area contributed by atoms with Gasteiger partial charge >= 0.3 is 0 Å². The van der Waals surface area contributed by atoms with Gasteiger partial charge in [0.25, 0.3) is 5.91 Å². The standard InChI is InChI=1S/C19H26Cl2N2O4/c1-13(27-17-5-4-15(20)12-16(17)21)19(25)23-9-6-14(7-10-23)18(24)22-8-3-11-26-2/h4-5,12-14H,3,6-11H2,1-2H3,(H,22,24). The summed E-state index contributed by atoms with van der Waals surface area (Å²) in [6.45, 7) is 4.01. The van der Waals surface area contributed by atoms with Crippen molar-refractivity contribution in [1.82, 2.24) is 10.2 Å². The molecule has 2 amide bonds. The first-order valence-electron chi connectivity index (χ1n) is 9.09. The van der Waals surface area contributed by atoms with Gasteiger partial charge in [0.2, 0.25) is 5.91 Å². The van der Waals surface area contributed by atoms with E-state index in [1.54, 1.807) is 37.1 Å². The van der Waals surface area contributed by atoms with Crippen molar-refractivity contribution < 1.29 is 19.1 Å². The number of rotatable bonds is 8. The number of carbonyl (C=O) groups excluding carboxylic acids is 2. The lowest BCUT2D eigenvalue weighted by Crippen LogP contribution is -2.47. The molecule has 1 unspecified atom stereocenters. The summed E-state index contributed by atoms with van der Waals surface area (Å²) in [6.07, 6.45) is 1.43. The predicted octanol–water partition coefficient (Wildman–Crippen LogP) is 3.15. The molecule has 1 heterocycles. The Morgan fingerprint density at radius 3 is 2.63 bits per heavy atom. The van der Waals surface area contributed by atoms with E-state index >= 15 is 0 Å². The second kappa shape index (κ2) is 10.7. The Kier molecular flexibility index (Phi) is 8.67. The van der Waals surface area contributed by atoms with E-state index in [2.05, 4.69) is 5.32 Å². The van der Waals surface area contributed by atoms with Gasteiger partial charge in [0.1, 0.15) is 5.75 Å². The minimum Gasteiger partial charge on any atom is -0.479 e. The van der Waals surface area contributed by atoms with Crippen molar-refractivity contribution in [3.8, 4) is 5.75 Å². The van der Waals surface area contributed by atoms with Crippen molar-refractivity contribution in [3.05, 3.63) is 28.2 Å². The topological polar surface area (TPSA) is 67.9 Å². The highest BCUT2D eigenvalue weighted by Gasteiger charge is 2.30. The van der Waals surface area contributed by atoms with Gasteiger partial charge in [-0.3, -0.25) is 9.59 Å². The Morgan fingerprint density at radius 1 is 1.30 bits per heavy atom. The van der Waals surface area contributed by atoms with Crippen LogP contribution in [0.5, 0.6) is 5.75 Å². The summed E-state index contributed by atoms with van der Waals surface area (Å²) in [5, 5.41) is 3.80. The van der Waals surface area contributed by atoms with Crippen molar-refractivity contribution in [2.75, 3.05) is 33.4 Å². The van der Waals surface area contributed by atoms with Gasteiger partial charge in [0.15, 0.2) is 6.10 Å². The van der Waals surface area contributed by atoms with Gasteiger partial charge < -0.3 is 19.7 Å². The fraction of sp³-hybridized carbons (Fsp3) is 0.579. The zero-order chi connectivity index (χ0) is 19.8. The van der Waals surface area contributed by atoms with Crippen molar-refractivity contribution in [3.63, 3.8) is 0 Å². The Labute approximate surface area is 170 Å². The van der Waals surface area contributed by atoms with Crippen LogP contribution in [0.15, 0.2) is 18.2 Å². The van der Waals surface area contributed by atoms with Gasteiger partial charge in [-0.25, -0.2) is 0 Å². The fourth-order valence-corrected chi connectivity index (χ4v) is 3.46. The molecule has 150 valence electrons. The summed E-state index contributed by atoms with van der Waals surface area (Å²) in [6, 6.07) is 4.89. The minimum absolute atomic E-state index is 0.0513. The van der Waals surface area contributed by atoms with Crippen LogP contribution < -0.4 is 10.1 Å². The number of ether oxygens (including phenoxy) is 2. The van der Waals surface area contributed by atoms with Crippen molar-refractivity contribution in [2.45, 2.75) is 32.3 Å². The Bertz CT molecular complexity index is 649. The first kappa shape index (κ1) is 21.8. The third-order valence-electron chi connectivity index (χ3n) is 4.55. The van der Waals surface area contributed by atoms with Crippen LogP contribution >= 0.6 is 23.2 Å². The molecule has 1 atom stereocenters. The number of hydrogen-bond acceptors (Lipinski definition) is 4. The van der Waals surface area contributed by atoms with Crippen LogP contribution in [0.25, 0.3) is 0 Å². The molecular formula is C19H26Cl2N2O4. The fourth-order valence-electron chi connectivity index (χ4n) is 3.00. The number of benzene rings is 1. The molecule has 1 aromatic carbocycles. The molecule has 1 fully saturated rings. The first-order chi connectivity index (χ1) is 12.9. The normalized spacial score (nSPS) is 16.1. The number of amides is 2. The Morgan fingerprint density at radius 2 is 2.00 bits per heavy atom. The van der Waals surface area contributed by atoms with Crippen LogP contribution in [0.2, 0.25) is 10.0 Å². The molecule has 1 aliphatic rings. The number of likely N-dealkylation sites (tertiary alicyclic amines) is 1. The molecule has 1 aliphatic heterocycles. The molecule has 0 bridgehead atoms. The maximum absolute atomic E-state index is 12.6. The summed E-state index contributed by atoms with van der Waals surface area (Å²) in [5.41, 5.74) is 0. The largest absolute Gasteiger partial charge is 0.479 e. The van der Waals surface area contributed by atoms with E-state index in [0.29, 0.717) is 54.9 Å². The maximum atomic E-state index is 12.6. The molecule has 6 nitrogen and oxygen atoms in total. The lowest BCUT2D eigenvalue weighted by Gasteiger charge is -2.33. The SMILES string of the molecule is COCCCNC(=O)C1CCN(C(=O)C(C)Oc2ccc(Cl)cc2Cl)CC1. The lowest BCUT2D eigenvalue weighted by molar-refractivity contribution is -0.141. The van der Waals surface area contributed by atoms with Crippen molar-refractivity contribution in [1.29, 1.82) is 0 Å². The quantitative estimate of drug-likeness (QED) is 0.660. The summed E-state index contributed by atoms with van der Waals surface area (Å²) in [7, 11) is 1.64. The van der Waals surface area contributed by atoms with Crippen LogP contribution in [0, 0.1) is 5.92 Å². The van der Waals surface area contributed by atoms with Gasteiger partial charge in [0.05, 0.1) is 5.02 Å². The van der Waals surface area contributed by atoms with E-state index < -0.39 is 6.10 Å². The Balaban J connectivity index is 1.79. The molecule has 1 saturated heterocycles. The molecule has 27 heavy (non-hydrogen) atoms. The van der Waals surface area contributed by atoms with Gasteiger partial charge in [-0.15, -0.1) is 0 Å². The van der Waals surface area contributed by atoms with Crippen LogP contribution in [-0.4, -0.2) is 56.2 Å². The average molecular weight is 417 g/mol. The first-order valence-corrected chi connectivity index (χ1v) is 9.85. The highest BCUT2D eigenvalue weighted by atomic mass is 35.5. The highest BCUT2D eigenvalue weighted by molar-refractivity contribution is 6.35. The molecule has 0 spiro atoms. The van der Waals surface area contributed by atoms with Gasteiger partial charge in [-0.05, 0) is 44.4 Å². The van der Waals surface area contributed by atoms with E-state index in [-0.39, 0.29) is 17.7 Å². The monoisotopic (exact) mass is 416 g/mol. The second-order valence-electron chi connectivity index (χ2n) is 6.57. The van der Waals surface area contributed by atoms with Crippen molar-refractivity contribution in [2.24, 2.45) is 5.92 Å². The summed E-state index contributed by atoms with van der Waals surface area (Å²) in [5.74, 6) is 0.307. The summed E-state index contributed by atoms with van der Waals surface area (Å²) < 4.78 is 10.7. The van der Waals surface area contributed by atoms with Crippen LogP contribution in [0.3, 0.4) is 0 Å². The van der Waals surface area contributed by atoms with E-state index in [1.807, 2.05) is 0 Å². The summed E-state index contributed by atoms with van der Waals surface area (Å²) in [4.78, 5) is 26.5. The van der Waals surface area contributed by atoms with Gasteiger partial charge in [-0.2, -0.15) is 0 Å². The minimum atomic E-state index is -0.664. The second-order valence-corrected chi connectivity index (χ2v) is 7.42. The van der Waals surface area contributed by atoms with E-state index in [0.717, 1.165) is 6.42 Å². The van der Waals surface area contributed by atoms with E-state index in [4.69, 9.17) is 32.7 Å².